The van der Waals surface area contributed by atoms with Crippen molar-refractivity contribution < 1.29 is 9.53 Å². The van der Waals surface area contributed by atoms with Gasteiger partial charge in [0.05, 0.1) is 7.11 Å². The molecule has 106 valence electrons. The van der Waals surface area contributed by atoms with Crippen LogP contribution in [0.15, 0.2) is 0 Å². The third-order valence-corrected chi connectivity index (χ3v) is 4.32. The average molecular weight is 273 g/mol. The Labute approximate surface area is 115 Å². The SMILES string of the molecule is COC(=O)C(CCCSC)NC1CCCCCC1. The van der Waals surface area contributed by atoms with Gasteiger partial charge in [0, 0.05) is 6.04 Å². The Bertz CT molecular complexity index is 228. The van der Waals surface area contributed by atoms with Crippen LogP contribution in [0, 0.1) is 0 Å². The highest BCUT2D eigenvalue weighted by Crippen LogP contribution is 2.18. The summed E-state index contributed by atoms with van der Waals surface area (Å²) < 4.78 is 4.91. The van der Waals surface area contributed by atoms with Crippen LogP contribution < -0.4 is 5.32 Å². The predicted octanol–water partition coefficient (Wildman–Crippen LogP) is 2.98. The summed E-state index contributed by atoms with van der Waals surface area (Å²) in [4.78, 5) is 11.8. The van der Waals surface area contributed by atoms with Crippen molar-refractivity contribution in [3.05, 3.63) is 0 Å². The number of methoxy groups -OCH3 is 1. The third kappa shape index (κ3) is 6.10. The largest absolute Gasteiger partial charge is 0.468 e. The van der Waals surface area contributed by atoms with Gasteiger partial charge in [0.25, 0.3) is 0 Å². The van der Waals surface area contributed by atoms with E-state index in [0.717, 1.165) is 18.6 Å². The van der Waals surface area contributed by atoms with Crippen molar-refractivity contribution in [2.75, 3.05) is 19.1 Å². The van der Waals surface area contributed by atoms with E-state index in [1.54, 1.807) is 0 Å². The molecule has 0 radical (unpaired) electrons. The lowest BCUT2D eigenvalue weighted by atomic mass is 10.1. The van der Waals surface area contributed by atoms with Gasteiger partial charge in [-0.2, -0.15) is 11.8 Å². The smallest absolute Gasteiger partial charge is 0.322 e. The monoisotopic (exact) mass is 273 g/mol. The van der Waals surface area contributed by atoms with E-state index < -0.39 is 0 Å². The lowest BCUT2D eigenvalue weighted by Gasteiger charge is -2.23. The Hall–Kier alpha value is -0.220. The molecule has 1 atom stereocenters. The van der Waals surface area contributed by atoms with Gasteiger partial charge in [-0.25, -0.2) is 0 Å². The van der Waals surface area contributed by atoms with Crippen LogP contribution >= 0.6 is 11.8 Å². The van der Waals surface area contributed by atoms with Crippen molar-refractivity contribution in [3.63, 3.8) is 0 Å². The number of nitrogens with one attached hydrogen (secondary N) is 1. The normalized spacial score (nSPS) is 19.2. The first-order chi connectivity index (χ1) is 8.77. The number of hydrogen-bond acceptors (Lipinski definition) is 4. The number of rotatable bonds is 7. The summed E-state index contributed by atoms with van der Waals surface area (Å²) in [5.74, 6) is 1.01. The summed E-state index contributed by atoms with van der Waals surface area (Å²) in [5, 5.41) is 3.52. The van der Waals surface area contributed by atoms with Gasteiger partial charge in [0.2, 0.25) is 0 Å². The fraction of sp³-hybridized carbons (Fsp3) is 0.929. The van der Waals surface area contributed by atoms with E-state index in [0.29, 0.717) is 6.04 Å². The summed E-state index contributed by atoms with van der Waals surface area (Å²) in [7, 11) is 1.48. The molecule has 0 saturated heterocycles. The second-order valence-electron chi connectivity index (χ2n) is 5.07. The van der Waals surface area contributed by atoms with E-state index in [1.165, 1.54) is 45.6 Å². The second-order valence-corrected chi connectivity index (χ2v) is 6.05. The zero-order valence-electron chi connectivity index (χ0n) is 11.7. The van der Waals surface area contributed by atoms with Crippen LogP contribution in [0.25, 0.3) is 0 Å². The van der Waals surface area contributed by atoms with E-state index in [1.807, 2.05) is 11.8 Å². The van der Waals surface area contributed by atoms with Gasteiger partial charge >= 0.3 is 5.97 Å². The minimum atomic E-state index is -0.106. The quantitative estimate of drug-likeness (QED) is 0.440. The van der Waals surface area contributed by atoms with Gasteiger partial charge in [-0.15, -0.1) is 0 Å². The Kier molecular flexibility index (Phi) is 8.51. The number of hydrogen-bond donors (Lipinski definition) is 1. The van der Waals surface area contributed by atoms with Gasteiger partial charge in [-0.1, -0.05) is 25.7 Å². The van der Waals surface area contributed by atoms with Gasteiger partial charge < -0.3 is 10.1 Å². The molecule has 0 aromatic rings. The number of esters is 1. The van der Waals surface area contributed by atoms with Gasteiger partial charge in [0.1, 0.15) is 6.04 Å². The minimum absolute atomic E-state index is 0.0969. The van der Waals surface area contributed by atoms with Crippen molar-refractivity contribution in [3.8, 4) is 0 Å². The average Bonchev–Trinajstić information content (AvgIpc) is 2.65. The predicted molar refractivity (Wildman–Crippen MR) is 78.0 cm³/mol. The molecule has 0 aliphatic heterocycles. The van der Waals surface area contributed by atoms with E-state index in [2.05, 4.69) is 11.6 Å². The van der Waals surface area contributed by atoms with Crippen molar-refractivity contribution in [2.45, 2.75) is 63.5 Å². The highest BCUT2D eigenvalue weighted by Gasteiger charge is 2.22. The molecule has 1 N–H and O–H groups in total. The molecule has 1 aliphatic carbocycles. The molecule has 1 fully saturated rings. The molecule has 18 heavy (non-hydrogen) atoms. The van der Waals surface area contributed by atoms with E-state index in [4.69, 9.17) is 4.74 Å². The van der Waals surface area contributed by atoms with Crippen molar-refractivity contribution >= 4 is 17.7 Å². The van der Waals surface area contributed by atoms with Crippen molar-refractivity contribution in [1.29, 1.82) is 0 Å². The first-order valence-electron chi connectivity index (χ1n) is 7.10. The number of ether oxygens (including phenoxy) is 1. The third-order valence-electron chi connectivity index (χ3n) is 3.62. The molecular formula is C14H27NO2S. The first kappa shape index (κ1) is 15.8. The standard InChI is InChI=1S/C14H27NO2S/c1-17-14(16)13(10-7-11-18-2)15-12-8-5-3-4-6-9-12/h12-13,15H,3-11H2,1-2H3. The van der Waals surface area contributed by atoms with Crippen LogP contribution in [0.4, 0.5) is 0 Å². The molecule has 0 bridgehead atoms. The van der Waals surface area contributed by atoms with Gasteiger partial charge in [-0.05, 0) is 37.7 Å². The number of carbonyl (C=O) groups is 1. The van der Waals surface area contributed by atoms with Crippen LogP contribution in [0.2, 0.25) is 0 Å². The van der Waals surface area contributed by atoms with Crippen molar-refractivity contribution in [2.24, 2.45) is 0 Å². The highest BCUT2D eigenvalue weighted by molar-refractivity contribution is 7.98. The Balaban J connectivity index is 2.40. The Morgan fingerprint density at radius 1 is 1.33 bits per heavy atom. The molecule has 1 aliphatic rings. The first-order valence-corrected chi connectivity index (χ1v) is 8.50. The van der Waals surface area contributed by atoms with Crippen LogP contribution in [-0.2, 0) is 9.53 Å². The summed E-state index contributed by atoms with van der Waals surface area (Å²) >= 11 is 1.83. The maximum atomic E-state index is 11.8. The molecule has 0 heterocycles. The number of thioether (sulfide) groups is 1. The molecule has 4 heteroatoms. The summed E-state index contributed by atoms with van der Waals surface area (Å²) in [6.07, 6.45) is 11.7. The molecule has 0 spiro atoms. The summed E-state index contributed by atoms with van der Waals surface area (Å²) in [6, 6.07) is 0.399. The van der Waals surface area contributed by atoms with Gasteiger partial charge in [0.15, 0.2) is 0 Å². The molecular weight excluding hydrogens is 246 g/mol. The van der Waals surface area contributed by atoms with Crippen LogP contribution in [0.3, 0.4) is 0 Å². The van der Waals surface area contributed by atoms with Gasteiger partial charge in [-0.3, -0.25) is 4.79 Å². The molecule has 1 saturated carbocycles. The Morgan fingerprint density at radius 2 is 2.00 bits per heavy atom. The van der Waals surface area contributed by atoms with E-state index in [9.17, 15) is 4.79 Å². The maximum absolute atomic E-state index is 11.8. The summed E-state index contributed by atoms with van der Waals surface area (Å²) in [5.41, 5.74) is 0. The van der Waals surface area contributed by atoms with E-state index >= 15 is 0 Å². The molecule has 0 amide bonds. The molecule has 0 aromatic carbocycles. The van der Waals surface area contributed by atoms with E-state index in [-0.39, 0.29) is 12.0 Å². The lowest BCUT2D eigenvalue weighted by Crippen LogP contribution is -2.43. The fourth-order valence-corrected chi connectivity index (χ4v) is 3.03. The molecule has 1 rings (SSSR count). The molecule has 1 unspecified atom stereocenters. The van der Waals surface area contributed by atoms with Crippen LogP contribution in [0.5, 0.6) is 0 Å². The Morgan fingerprint density at radius 3 is 2.56 bits per heavy atom. The fourth-order valence-electron chi connectivity index (χ4n) is 2.57. The molecule has 0 aromatic heterocycles. The topological polar surface area (TPSA) is 38.3 Å². The summed E-state index contributed by atoms with van der Waals surface area (Å²) in [6.45, 7) is 0. The highest BCUT2D eigenvalue weighted by atomic mass is 32.2. The zero-order valence-corrected chi connectivity index (χ0v) is 12.6. The van der Waals surface area contributed by atoms with Crippen molar-refractivity contribution in [1.82, 2.24) is 5.32 Å². The minimum Gasteiger partial charge on any atom is -0.468 e. The second kappa shape index (κ2) is 9.68. The lowest BCUT2D eigenvalue weighted by molar-refractivity contribution is -0.143. The zero-order chi connectivity index (χ0) is 13.2. The number of carbonyl (C=O) groups excluding carboxylic acids is 1. The molecule has 3 nitrogen and oxygen atoms in total. The van der Waals surface area contributed by atoms with Crippen LogP contribution in [-0.4, -0.2) is 37.2 Å². The maximum Gasteiger partial charge on any atom is 0.322 e. The van der Waals surface area contributed by atoms with Crippen LogP contribution in [0.1, 0.15) is 51.4 Å².